The van der Waals surface area contributed by atoms with E-state index in [2.05, 4.69) is 10.3 Å². The highest BCUT2D eigenvalue weighted by atomic mass is 16.5. The molecule has 170 valence electrons. The molecule has 33 heavy (non-hydrogen) atoms. The van der Waals surface area contributed by atoms with Crippen LogP contribution in [0.4, 0.5) is 0 Å². The van der Waals surface area contributed by atoms with E-state index in [1.165, 1.54) is 6.42 Å². The molecule has 1 aliphatic carbocycles. The molecular weight excluding hydrogens is 416 g/mol. The van der Waals surface area contributed by atoms with E-state index in [0.717, 1.165) is 47.9 Å². The average Bonchev–Trinajstić information content (AvgIpc) is 3.16. The van der Waals surface area contributed by atoms with Crippen molar-refractivity contribution >= 4 is 27.8 Å². The number of ether oxygens (including phenoxy) is 1. The number of para-hydroxylation sites is 1. The second kappa shape index (κ2) is 9.10. The van der Waals surface area contributed by atoms with Crippen LogP contribution in [0.3, 0.4) is 0 Å². The highest BCUT2D eigenvalue weighted by molar-refractivity contribution is 6.06. The number of hydrogen-bond donors (Lipinski definition) is 1. The van der Waals surface area contributed by atoms with E-state index in [1.807, 2.05) is 53.1 Å². The van der Waals surface area contributed by atoms with E-state index in [1.54, 1.807) is 18.0 Å². The van der Waals surface area contributed by atoms with Gasteiger partial charge in [-0.15, -0.1) is 0 Å². The fourth-order valence-corrected chi connectivity index (χ4v) is 4.82. The maximum Gasteiger partial charge on any atom is 0.278 e. The summed E-state index contributed by atoms with van der Waals surface area (Å²) in [6.45, 7) is 0.492. The lowest BCUT2D eigenvalue weighted by molar-refractivity contribution is -0.122. The molecule has 1 amide bonds. The number of hydrogen-bond acceptors (Lipinski definition) is 4. The Hall–Kier alpha value is -3.61. The largest absolute Gasteiger partial charge is 0.497 e. The first-order valence-electron chi connectivity index (χ1n) is 11.5. The third-order valence-electron chi connectivity index (χ3n) is 6.52. The van der Waals surface area contributed by atoms with Crippen LogP contribution in [0.15, 0.2) is 59.7 Å². The Bertz CT molecular complexity index is 1350. The summed E-state index contributed by atoms with van der Waals surface area (Å²) in [6.07, 6.45) is 7.18. The molecule has 1 saturated carbocycles. The van der Waals surface area contributed by atoms with E-state index in [4.69, 9.17) is 4.74 Å². The Morgan fingerprint density at radius 2 is 1.85 bits per heavy atom. The number of fused-ring (bicyclic) bond motifs is 3. The Kier molecular flexibility index (Phi) is 5.86. The summed E-state index contributed by atoms with van der Waals surface area (Å²) in [7, 11) is 1.63. The summed E-state index contributed by atoms with van der Waals surface area (Å²) >= 11 is 0. The van der Waals surface area contributed by atoms with Gasteiger partial charge in [-0.25, -0.2) is 4.98 Å². The Morgan fingerprint density at radius 1 is 1.09 bits per heavy atom. The van der Waals surface area contributed by atoms with Gasteiger partial charge < -0.3 is 14.6 Å². The van der Waals surface area contributed by atoms with Crippen LogP contribution in [0.25, 0.3) is 21.9 Å². The quantitative estimate of drug-likeness (QED) is 0.490. The lowest BCUT2D eigenvalue weighted by Gasteiger charge is -2.23. The molecule has 4 aromatic rings. The van der Waals surface area contributed by atoms with Crippen molar-refractivity contribution in [3.8, 4) is 5.75 Å². The van der Waals surface area contributed by atoms with E-state index in [0.29, 0.717) is 17.6 Å². The molecule has 2 heterocycles. The van der Waals surface area contributed by atoms with Crippen molar-refractivity contribution in [2.75, 3.05) is 7.11 Å². The van der Waals surface area contributed by atoms with Crippen LogP contribution < -0.4 is 15.6 Å². The van der Waals surface area contributed by atoms with Crippen molar-refractivity contribution in [1.82, 2.24) is 19.4 Å². The minimum absolute atomic E-state index is 0.0606. The van der Waals surface area contributed by atoms with E-state index in [-0.39, 0.29) is 24.1 Å². The number of carbonyl (C=O) groups excluding carboxylic acids is 1. The maximum atomic E-state index is 13.6. The molecule has 0 spiro atoms. The molecule has 1 N–H and O–H groups in total. The van der Waals surface area contributed by atoms with Crippen LogP contribution in [0.5, 0.6) is 5.75 Å². The second-order valence-electron chi connectivity index (χ2n) is 8.73. The molecule has 0 bridgehead atoms. The minimum atomic E-state index is -0.155. The molecule has 0 radical (unpaired) electrons. The van der Waals surface area contributed by atoms with Crippen molar-refractivity contribution in [3.05, 3.63) is 70.8 Å². The van der Waals surface area contributed by atoms with Gasteiger partial charge in [0.25, 0.3) is 5.56 Å². The van der Waals surface area contributed by atoms with Gasteiger partial charge in [-0.3, -0.25) is 14.2 Å². The third kappa shape index (κ3) is 4.23. The molecule has 7 nitrogen and oxygen atoms in total. The van der Waals surface area contributed by atoms with Gasteiger partial charge in [-0.05, 0) is 36.6 Å². The number of nitrogens with zero attached hydrogens (tertiary/aromatic N) is 3. The lowest BCUT2D eigenvalue weighted by atomic mass is 9.95. The lowest BCUT2D eigenvalue weighted by Crippen LogP contribution is -2.38. The molecular formula is C26H28N4O3. The van der Waals surface area contributed by atoms with Gasteiger partial charge in [-0.2, -0.15) is 0 Å². The monoisotopic (exact) mass is 444 g/mol. The SMILES string of the molecule is COc1ccc(Cn2cnc3c4ccccc4n(CC(=O)NC4CCCCC4)c3c2=O)cc1. The summed E-state index contributed by atoms with van der Waals surface area (Å²) in [5.41, 5.74) is 2.75. The van der Waals surface area contributed by atoms with Crippen LogP contribution in [-0.2, 0) is 17.9 Å². The van der Waals surface area contributed by atoms with Gasteiger partial charge in [0.2, 0.25) is 5.91 Å². The third-order valence-corrected chi connectivity index (χ3v) is 6.52. The summed E-state index contributed by atoms with van der Waals surface area (Å²) in [5.74, 6) is 0.707. The second-order valence-corrected chi connectivity index (χ2v) is 8.73. The topological polar surface area (TPSA) is 78.2 Å². The Labute approximate surface area is 192 Å². The first-order chi connectivity index (χ1) is 16.1. The zero-order chi connectivity index (χ0) is 22.8. The van der Waals surface area contributed by atoms with E-state index >= 15 is 0 Å². The minimum Gasteiger partial charge on any atom is -0.497 e. The van der Waals surface area contributed by atoms with Gasteiger partial charge in [0.05, 0.1) is 25.5 Å². The molecule has 0 saturated heterocycles. The van der Waals surface area contributed by atoms with Crippen LogP contribution >= 0.6 is 0 Å². The number of rotatable bonds is 6. The highest BCUT2D eigenvalue weighted by Gasteiger charge is 2.20. The van der Waals surface area contributed by atoms with E-state index < -0.39 is 0 Å². The van der Waals surface area contributed by atoms with Crippen LogP contribution in [0.1, 0.15) is 37.7 Å². The fourth-order valence-electron chi connectivity index (χ4n) is 4.82. The van der Waals surface area contributed by atoms with Gasteiger partial charge in [0.15, 0.2) is 0 Å². The summed E-state index contributed by atoms with van der Waals surface area (Å²) in [4.78, 5) is 31.1. The molecule has 0 aliphatic heterocycles. The van der Waals surface area contributed by atoms with Gasteiger partial charge in [-0.1, -0.05) is 49.6 Å². The average molecular weight is 445 g/mol. The number of benzene rings is 2. The Morgan fingerprint density at radius 3 is 2.61 bits per heavy atom. The highest BCUT2D eigenvalue weighted by Crippen LogP contribution is 2.25. The molecule has 0 atom stereocenters. The number of aromatic nitrogens is 3. The molecule has 7 heteroatoms. The first kappa shape index (κ1) is 21.2. The number of amides is 1. The molecule has 1 fully saturated rings. The predicted molar refractivity (Wildman–Crippen MR) is 129 cm³/mol. The zero-order valence-electron chi connectivity index (χ0n) is 18.8. The van der Waals surface area contributed by atoms with Gasteiger partial charge in [0, 0.05) is 11.4 Å². The molecule has 2 aromatic carbocycles. The summed E-state index contributed by atoms with van der Waals surface area (Å²) < 4.78 is 8.64. The normalized spacial score (nSPS) is 14.6. The molecule has 0 unspecified atom stereocenters. The molecule has 5 rings (SSSR count). The zero-order valence-corrected chi connectivity index (χ0v) is 18.8. The van der Waals surface area contributed by atoms with Crippen LogP contribution in [0.2, 0.25) is 0 Å². The standard InChI is InChI=1S/C26H28N4O3/c1-33-20-13-11-18(12-14-20)15-29-17-27-24-21-9-5-6-10-22(21)30(25(24)26(29)32)16-23(31)28-19-7-3-2-4-8-19/h5-6,9-14,17,19H,2-4,7-8,15-16H2,1H3,(H,28,31). The number of carbonyl (C=O) groups is 1. The van der Waals surface area contributed by atoms with Crippen molar-refractivity contribution in [3.63, 3.8) is 0 Å². The van der Waals surface area contributed by atoms with Crippen LogP contribution in [0, 0.1) is 0 Å². The molecule has 2 aromatic heterocycles. The van der Waals surface area contributed by atoms with Crippen molar-refractivity contribution in [1.29, 1.82) is 0 Å². The Balaban J connectivity index is 1.52. The number of nitrogens with one attached hydrogen (secondary N) is 1. The predicted octanol–water partition coefficient (Wildman–Crippen LogP) is 3.86. The smallest absolute Gasteiger partial charge is 0.278 e. The van der Waals surface area contributed by atoms with Crippen molar-refractivity contribution < 1.29 is 9.53 Å². The maximum absolute atomic E-state index is 13.6. The van der Waals surface area contributed by atoms with Crippen molar-refractivity contribution in [2.45, 2.75) is 51.2 Å². The van der Waals surface area contributed by atoms with Gasteiger partial charge >= 0.3 is 0 Å². The summed E-state index contributed by atoms with van der Waals surface area (Å²) in [5, 5.41) is 4.05. The molecule has 1 aliphatic rings. The van der Waals surface area contributed by atoms with Crippen LogP contribution in [-0.4, -0.2) is 33.2 Å². The van der Waals surface area contributed by atoms with E-state index in [9.17, 15) is 9.59 Å². The number of methoxy groups -OCH3 is 1. The van der Waals surface area contributed by atoms with Crippen molar-refractivity contribution in [2.24, 2.45) is 0 Å². The first-order valence-corrected chi connectivity index (χ1v) is 11.5. The van der Waals surface area contributed by atoms with Gasteiger partial charge in [0.1, 0.15) is 23.3 Å². The fraction of sp³-hybridized carbons (Fsp3) is 0.346. The summed E-state index contributed by atoms with van der Waals surface area (Å²) in [6, 6.07) is 15.6.